The van der Waals surface area contributed by atoms with E-state index in [1.807, 2.05) is 24.8 Å². The fraction of sp³-hybridized carbons (Fsp3) is 0.231. The molecule has 2 aromatic rings. The van der Waals surface area contributed by atoms with Crippen molar-refractivity contribution in [2.75, 3.05) is 5.75 Å². The van der Waals surface area contributed by atoms with Crippen molar-refractivity contribution >= 4 is 23.4 Å². The second-order valence-corrected chi connectivity index (χ2v) is 5.30. The molecule has 0 saturated heterocycles. The Morgan fingerprint density at radius 3 is 2.47 bits per heavy atom. The van der Waals surface area contributed by atoms with Gasteiger partial charge in [0.25, 0.3) is 0 Å². The second kappa shape index (κ2) is 5.52. The summed E-state index contributed by atoms with van der Waals surface area (Å²) >= 11 is 7.68. The second-order valence-electron chi connectivity index (χ2n) is 3.62. The van der Waals surface area contributed by atoms with Crippen molar-refractivity contribution in [2.45, 2.75) is 18.7 Å². The van der Waals surface area contributed by atoms with E-state index in [2.05, 4.69) is 41.2 Å². The Morgan fingerprint density at radius 1 is 1.18 bits per heavy atom. The zero-order chi connectivity index (χ0) is 12.3. The first-order valence-electron chi connectivity index (χ1n) is 5.43. The lowest BCUT2D eigenvalue weighted by molar-refractivity contribution is 1.11. The normalized spacial score (nSPS) is 10.5. The first-order chi connectivity index (χ1) is 8.19. The molecule has 0 unspecified atom stereocenters. The number of halogens is 1. The van der Waals surface area contributed by atoms with Gasteiger partial charge >= 0.3 is 0 Å². The van der Waals surface area contributed by atoms with E-state index in [9.17, 15) is 0 Å². The number of thioether (sulfide) groups is 1. The molecule has 1 heterocycles. The fourth-order valence-electron chi connectivity index (χ4n) is 1.57. The Labute approximate surface area is 110 Å². The molecule has 2 rings (SSSR count). The molecular weight excluding hydrogens is 252 g/mol. The van der Waals surface area contributed by atoms with Gasteiger partial charge in [0.2, 0.25) is 5.28 Å². The van der Waals surface area contributed by atoms with Crippen molar-refractivity contribution < 1.29 is 0 Å². The van der Waals surface area contributed by atoms with Crippen LogP contribution >= 0.6 is 23.4 Å². The molecule has 0 aliphatic rings. The number of hydrogen-bond donors (Lipinski definition) is 0. The molecule has 17 heavy (non-hydrogen) atoms. The van der Waals surface area contributed by atoms with E-state index in [4.69, 9.17) is 11.6 Å². The molecule has 1 aromatic carbocycles. The van der Waals surface area contributed by atoms with E-state index in [0.29, 0.717) is 5.28 Å². The van der Waals surface area contributed by atoms with Crippen LogP contribution in [0.3, 0.4) is 0 Å². The maximum atomic E-state index is 5.85. The van der Waals surface area contributed by atoms with E-state index in [0.717, 1.165) is 22.7 Å². The topological polar surface area (TPSA) is 25.8 Å². The quantitative estimate of drug-likeness (QED) is 0.613. The van der Waals surface area contributed by atoms with E-state index < -0.39 is 0 Å². The maximum Gasteiger partial charge on any atom is 0.223 e. The molecular formula is C13H13ClN2S. The van der Waals surface area contributed by atoms with Gasteiger partial charge in [0, 0.05) is 16.2 Å². The minimum atomic E-state index is 0.298. The number of nitrogens with zero attached hydrogens (tertiary/aromatic N) is 2. The molecule has 0 N–H and O–H groups in total. The van der Waals surface area contributed by atoms with Crippen molar-refractivity contribution in [3.05, 3.63) is 41.3 Å². The Kier molecular flexibility index (Phi) is 4.02. The smallest absolute Gasteiger partial charge is 0.223 e. The maximum absolute atomic E-state index is 5.85. The molecule has 0 aliphatic carbocycles. The lowest BCUT2D eigenvalue weighted by Crippen LogP contribution is -1.90. The van der Waals surface area contributed by atoms with Gasteiger partial charge in [0.15, 0.2) is 0 Å². The third-order valence-electron chi connectivity index (χ3n) is 2.29. The van der Waals surface area contributed by atoms with Gasteiger partial charge in [-0.1, -0.05) is 19.1 Å². The van der Waals surface area contributed by atoms with Crippen LogP contribution in [0.15, 0.2) is 35.2 Å². The van der Waals surface area contributed by atoms with E-state index >= 15 is 0 Å². The van der Waals surface area contributed by atoms with Gasteiger partial charge in [-0.15, -0.1) is 11.8 Å². The highest BCUT2D eigenvalue weighted by Crippen LogP contribution is 2.23. The molecule has 0 bridgehead atoms. The van der Waals surface area contributed by atoms with Crippen LogP contribution in [0.4, 0.5) is 0 Å². The van der Waals surface area contributed by atoms with Gasteiger partial charge in [-0.05, 0) is 42.5 Å². The van der Waals surface area contributed by atoms with Crippen molar-refractivity contribution in [1.82, 2.24) is 9.97 Å². The van der Waals surface area contributed by atoms with Crippen LogP contribution in [-0.2, 0) is 0 Å². The van der Waals surface area contributed by atoms with Crippen LogP contribution < -0.4 is 0 Å². The van der Waals surface area contributed by atoms with Gasteiger partial charge in [-0.3, -0.25) is 0 Å². The average Bonchev–Trinajstić information content (AvgIpc) is 2.29. The van der Waals surface area contributed by atoms with Crippen LogP contribution in [0.5, 0.6) is 0 Å². The predicted molar refractivity (Wildman–Crippen MR) is 73.6 cm³/mol. The van der Waals surface area contributed by atoms with Crippen LogP contribution in [0.25, 0.3) is 11.3 Å². The molecule has 1 aromatic heterocycles. The highest BCUT2D eigenvalue weighted by Gasteiger charge is 2.03. The van der Waals surface area contributed by atoms with Crippen LogP contribution in [0.2, 0.25) is 5.28 Å². The minimum absolute atomic E-state index is 0.298. The molecule has 0 aliphatic heterocycles. The summed E-state index contributed by atoms with van der Waals surface area (Å²) in [5.74, 6) is 1.08. The predicted octanol–water partition coefficient (Wildman–Crippen LogP) is 4.22. The first-order valence-corrected chi connectivity index (χ1v) is 6.80. The van der Waals surface area contributed by atoms with E-state index in [-0.39, 0.29) is 0 Å². The summed E-state index contributed by atoms with van der Waals surface area (Å²) in [5.41, 5.74) is 2.82. The summed E-state index contributed by atoms with van der Waals surface area (Å²) in [6.45, 7) is 4.06. The van der Waals surface area contributed by atoms with Crippen molar-refractivity contribution in [3.8, 4) is 11.3 Å². The lowest BCUT2D eigenvalue weighted by Gasteiger charge is -2.04. The molecule has 2 nitrogen and oxygen atoms in total. The van der Waals surface area contributed by atoms with Gasteiger partial charge in [-0.2, -0.15) is 0 Å². The monoisotopic (exact) mass is 264 g/mol. The Hall–Kier alpha value is -1.06. The Morgan fingerprint density at radius 2 is 1.88 bits per heavy atom. The largest absolute Gasteiger partial charge is 0.223 e. The van der Waals surface area contributed by atoms with E-state index in [1.165, 1.54) is 4.90 Å². The molecule has 0 amide bonds. The van der Waals surface area contributed by atoms with E-state index in [1.54, 1.807) is 0 Å². The summed E-state index contributed by atoms with van der Waals surface area (Å²) in [7, 11) is 0. The van der Waals surface area contributed by atoms with Crippen molar-refractivity contribution in [3.63, 3.8) is 0 Å². The number of benzene rings is 1. The Balaban J connectivity index is 2.32. The highest BCUT2D eigenvalue weighted by atomic mass is 35.5. The minimum Gasteiger partial charge on any atom is -0.223 e. The van der Waals surface area contributed by atoms with Gasteiger partial charge < -0.3 is 0 Å². The summed E-state index contributed by atoms with van der Waals surface area (Å²) in [4.78, 5) is 9.56. The molecule has 0 radical (unpaired) electrons. The first kappa shape index (κ1) is 12.4. The third kappa shape index (κ3) is 3.20. The zero-order valence-electron chi connectivity index (χ0n) is 9.77. The number of hydrogen-bond acceptors (Lipinski definition) is 3. The SMILES string of the molecule is CCSc1ccc(-c2cc(C)nc(Cl)n2)cc1. The standard InChI is InChI=1S/C13H13ClN2S/c1-3-17-11-6-4-10(5-7-11)12-8-9(2)15-13(14)16-12/h4-8H,3H2,1-2H3. The molecule has 0 fully saturated rings. The van der Waals surface area contributed by atoms with Gasteiger partial charge in [0.1, 0.15) is 0 Å². The van der Waals surface area contributed by atoms with Crippen LogP contribution in [0, 0.1) is 6.92 Å². The summed E-state index contributed by atoms with van der Waals surface area (Å²) in [6.07, 6.45) is 0. The summed E-state index contributed by atoms with van der Waals surface area (Å²) in [5, 5.41) is 0.298. The molecule has 0 atom stereocenters. The van der Waals surface area contributed by atoms with Crippen molar-refractivity contribution in [2.24, 2.45) is 0 Å². The average molecular weight is 265 g/mol. The van der Waals surface area contributed by atoms with Crippen molar-refractivity contribution in [1.29, 1.82) is 0 Å². The summed E-state index contributed by atoms with van der Waals surface area (Å²) in [6, 6.07) is 10.3. The zero-order valence-corrected chi connectivity index (χ0v) is 11.3. The number of aromatic nitrogens is 2. The third-order valence-corrected chi connectivity index (χ3v) is 3.35. The number of aryl methyl sites for hydroxylation is 1. The number of rotatable bonds is 3. The molecule has 4 heteroatoms. The lowest BCUT2D eigenvalue weighted by atomic mass is 10.1. The highest BCUT2D eigenvalue weighted by molar-refractivity contribution is 7.99. The fourth-order valence-corrected chi connectivity index (χ4v) is 2.46. The summed E-state index contributed by atoms with van der Waals surface area (Å²) < 4.78 is 0. The molecule has 88 valence electrons. The van der Waals surface area contributed by atoms with Crippen LogP contribution in [-0.4, -0.2) is 15.7 Å². The molecule has 0 spiro atoms. The molecule has 0 saturated carbocycles. The van der Waals surface area contributed by atoms with Gasteiger partial charge in [-0.25, -0.2) is 9.97 Å². The Bertz CT molecular complexity index is 491. The van der Waals surface area contributed by atoms with Crippen LogP contribution in [0.1, 0.15) is 12.6 Å². The van der Waals surface area contributed by atoms with Gasteiger partial charge in [0.05, 0.1) is 5.69 Å².